The number of ether oxygens (including phenoxy) is 1. The molecular formula is C22H23F5N2O. The summed E-state index contributed by atoms with van der Waals surface area (Å²) >= 11 is 0. The SMILES string of the molecule is COc1ccc(F)cc1C(C)(C)CC(N)(Cc1cc2ccc(F)cc2[nH]1)C(F)(F)F. The Labute approximate surface area is 171 Å². The van der Waals surface area contributed by atoms with E-state index in [1.165, 1.54) is 49.6 Å². The summed E-state index contributed by atoms with van der Waals surface area (Å²) in [6, 6.07) is 9.19. The molecule has 30 heavy (non-hydrogen) atoms. The molecule has 0 saturated heterocycles. The molecule has 1 heterocycles. The smallest absolute Gasteiger partial charge is 0.406 e. The Morgan fingerprint density at radius 1 is 0.967 bits per heavy atom. The first-order chi connectivity index (χ1) is 13.8. The summed E-state index contributed by atoms with van der Waals surface area (Å²) in [5.74, 6) is -0.789. The van der Waals surface area contributed by atoms with Gasteiger partial charge >= 0.3 is 6.18 Å². The van der Waals surface area contributed by atoms with Crippen LogP contribution >= 0.6 is 0 Å². The highest BCUT2D eigenvalue weighted by Crippen LogP contribution is 2.44. The Hall–Kier alpha value is -2.61. The van der Waals surface area contributed by atoms with E-state index >= 15 is 0 Å². The second-order valence-electron chi connectivity index (χ2n) is 8.26. The zero-order valence-corrected chi connectivity index (χ0v) is 16.8. The van der Waals surface area contributed by atoms with Crippen LogP contribution in [0.2, 0.25) is 0 Å². The highest BCUT2D eigenvalue weighted by atomic mass is 19.4. The van der Waals surface area contributed by atoms with Gasteiger partial charge in [-0.15, -0.1) is 0 Å². The lowest BCUT2D eigenvalue weighted by atomic mass is 9.72. The van der Waals surface area contributed by atoms with Crippen molar-refractivity contribution in [1.29, 1.82) is 0 Å². The van der Waals surface area contributed by atoms with Crippen LogP contribution in [0.5, 0.6) is 5.75 Å². The first-order valence-corrected chi connectivity index (χ1v) is 9.31. The minimum Gasteiger partial charge on any atom is -0.496 e. The third-order valence-electron chi connectivity index (χ3n) is 5.36. The Bertz CT molecular complexity index is 1060. The fourth-order valence-corrected chi connectivity index (χ4v) is 3.95. The molecule has 8 heteroatoms. The summed E-state index contributed by atoms with van der Waals surface area (Å²) in [7, 11) is 1.37. The van der Waals surface area contributed by atoms with Crippen molar-refractivity contribution in [2.24, 2.45) is 5.73 Å². The normalized spacial score (nSPS) is 14.7. The third-order valence-corrected chi connectivity index (χ3v) is 5.36. The van der Waals surface area contributed by atoms with Gasteiger partial charge in [-0.1, -0.05) is 13.8 Å². The van der Waals surface area contributed by atoms with E-state index in [0.29, 0.717) is 16.5 Å². The lowest BCUT2D eigenvalue weighted by molar-refractivity contribution is -0.191. The number of rotatable bonds is 6. The molecule has 0 aliphatic heterocycles. The molecule has 0 saturated carbocycles. The maximum Gasteiger partial charge on any atom is 0.406 e. The molecule has 0 aliphatic rings. The predicted molar refractivity (Wildman–Crippen MR) is 106 cm³/mol. The molecule has 2 aromatic carbocycles. The highest BCUT2D eigenvalue weighted by molar-refractivity contribution is 5.80. The van der Waals surface area contributed by atoms with Crippen LogP contribution < -0.4 is 10.5 Å². The minimum absolute atomic E-state index is 0.234. The summed E-state index contributed by atoms with van der Waals surface area (Å²) in [4.78, 5) is 2.82. The summed E-state index contributed by atoms with van der Waals surface area (Å²) in [6.07, 6.45) is -5.81. The van der Waals surface area contributed by atoms with Crippen LogP contribution in [0.25, 0.3) is 10.9 Å². The van der Waals surface area contributed by atoms with Crippen molar-refractivity contribution in [3.63, 3.8) is 0 Å². The van der Waals surface area contributed by atoms with E-state index in [2.05, 4.69) is 4.98 Å². The first kappa shape index (κ1) is 22.1. The number of alkyl halides is 3. The largest absolute Gasteiger partial charge is 0.496 e. The number of nitrogens with two attached hydrogens (primary N) is 1. The zero-order chi connectivity index (χ0) is 22.3. The molecular weight excluding hydrogens is 403 g/mol. The molecule has 1 unspecified atom stereocenters. The predicted octanol–water partition coefficient (Wildman–Crippen LogP) is 5.62. The molecule has 162 valence electrons. The van der Waals surface area contributed by atoms with Crippen molar-refractivity contribution in [3.05, 3.63) is 65.4 Å². The van der Waals surface area contributed by atoms with Crippen LogP contribution in [0, 0.1) is 11.6 Å². The van der Waals surface area contributed by atoms with E-state index in [4.69, 9.17) is 10.5 Å². The fraction of sp³-hybridized carbons (Fsp3) is 0.364. The molecule has 0 fully saturated rings. The Balaban J connectivity index is 1.99. The average molecular weight is 426 g/mol. The van der Waals surface area contributed by atoms with Crippen LogP contribution in [-0.2, 0) is 11.8 Å². The maximum absolute atomic E-state index is 14.1. The Kier molecular flexibility index (Phi) is 5.58. The van der Waals surface area contributed by atoms with Crippen molar-refractivity contribution in [1.82, 2.24) is 4.98 Å². The number of halogens is 5. The quantitative estimate of drug-likeness (QED) is 0.503. The van der Waals surface area contributed by atoms with Gasteiger partial charge in [0.15, 0.2) is 0 Å². The molecule has 0 bridgehead atoms. The number of hydrogen-bond donors (Lipinski definition) is 2. The molecule has 0 amide bonds. The molecule has 3 aromatic rings. The second kappa shape index (κ2) is 7.58. The van der Waals surface area contributed by atoms with E-state index in [1.807, 2.05) is 0 Å². The van der Waals surface area contributed by atoms with Gasteiger partial charge in [0.2, 0.25) is 0 Å². The number of nitrogens with one attached hydrogen (secondary N) is 1. The van der Waals surface area contributed by atoms with Gasteiger partial charge in [-0.3, -0.25) is 0 Å². The number of benzene rings is 2. The third kappa shape index (κ3) is 4.28. The monoisotopic (exact) mass is 426 g/mol. The van der Waals surface area contributed by atoms with Crippen molar-refractivity contribution >= 4 is 10.9 Å². The van der Waals surface area contributed by atoms with Crippen molar-refractivity contribution in [3.8, 4) is 5.75 Å². The molecule has 1 atom stereocenters. The number of hydrogen-bond acceptors (Lipinski definition) is 2. The minimum atomic E-state index is -4.74. The molecule has 3 rings (SSSR count). The van der Waals surface area contributed by atoms with Gasteiger partial charge in [0.1, 0.15) is 22.9 Å². The lowest BCUT2D eigenvalue weighted by Gasteiger charge is -2.39. The summed E-state index contributed by atoms with van der Waals surface area (Å²) < 4.78 is 74.8. The molecule has 3 nitrogen and oxygen atoms in total. The number of fused-ring (bicyclic) bond motifs is 1. The topological polar surface area (TPSA) is 51.0 Å². The van der Waals surface area contributed by atoms with Gasteiger partial charge in [0.25, 0.3) is 0 Å². The Morgan fingerprint density at radius 3 is 2.23 bits per heavy atom. The van der Waals surface area contributed by atoms with Crippen molar-refractivity contribution in [2.45, 2.75) is 43.8 Å². The van der Waals surface area contributed by atoms with Crippen LogP contribution in [-0.4, -0.2) is 23.8 Å². The van der Waals surface area contributed by atoms with E-state index in [0.717, 1.165) is 0 Å². The highest BCUT2D eigenvalue weighted by Gasteiger charge is 2.54. The summed E-state index contributed by atoms with van der Waals surface area (Å²) in [6.45, 7) is 3.14. The van der Waals surface area contributed by atoms with Gasteiger partial charge in [-0.25, -0.2) is 8.78 Å². The van der Waals surface area contributed by atoms with Crippen LogP contribution in [0.15, 0.2) is 42.5 Å². The number of aromatic amines is 1. The van der Waals surface area contributed by atoms with Crippen molar-refractivity contribution < 1.29 is 26.7 Å². The molecule has 0 spiro atoms. The number of aromatic nitrogens is 1. The van der Waals surface area contributed by atoms with Crippen molar-refractivity contribution in [2.75, 3.05) is 7.11 Å². The maximum atomic E-state index is 14.1. The summed E-state index contributed by atoms with van der Waals surface area (Å²) in [5.41, 5.74) is 3.10. The number of H-pyrrole nitrogens is 1. The summed E-state index contributed by atoms with van der Waals surface area (Å²) in [5, 5.41) is 0.585. The van der Waals surface area contributed by atoms with Gasteiger partial charge in [0, 0.05) is 23.2 Å². The van der Waals surface area contributed by atoms with Gasteiger partial charge in [-0.05, 0) is 59.7 Å². The van der Waals surface area contributed by atoms with Gasteiger partial charge < -0.3 is 15.5 Å². The molecule has 3 N–H and O–H groups in total. The van der Waals surface area contributed by atoms with E-state index in [-0.39, 0.29) is 11.4 Å². The van der Waals surface area contributed by atoms with Crippen LogP contribution in [0.4, 0.5) is 22.0 Å². The van der Waals surface area contributed by atoms with E-state index < -0.39 is 41.6 Å². The Morgan fingerprint density at radius 2 is 1.60 bits per heavy atom. The first-order valence-electron chi connectivity index (χ1n) is 9.31. The van der Waals surface area contributed by atoms with Gasteiger partial charge in [-0.2, -0.15) is 13.2 Å². The van der Waals surface area contributed by atoms with E-state index in [9.17, 15) is 22.0 Å². The lowest BCUT2D eigenvalue weighted by Crippen LogP contribution is -2.58. The number of methoxy groups -OCH3 is 1. The van der Waals surface area contributed by atoms with Crippen LogP contribution in [0.1, 0.15) is 31.5 Å². The standard InChI is InChI=1S/C22H23F5N2O/c1-20(2,17-9-14(23)6-7-19(17)30-3)12-21(28,22(25,26)27)11-16-8-13-4-5-15(24)10-18(13)29-16/h4-10,29H,11-12,28H2,1-3H3. The average Bonchev–Trinajstić information content (AvgIpc) is 3.01. The zero-order valence-electron chi connectivity index (χ0n) is 16.8. The fourth-order valence-electron chi connectivity index (χ4n) is 3.95. The second-order valence-corrected chi connectivity index (χ2v) is 8.26. The van der Waals surface area contributed by atoms with E-state index in [1.54, 1.807) is 13.8 Å². The van der Waals surface area contributed by atoms with Crippen LogP contribution in [0.3, 0.4) is 0 Å². The molecule has 1 aromatic heterocycles. The molecule has 0 radical (unpaired) electrons. The molecule has 0 aliphatic carbocycles. The van der Waals surface area contributed by atoms with Gasteiger partial charge in [0.05, 0.1) is 7.11 Å².